The normalized spacial score (nSPS) is 9.89. The summed E-state index contributed by atoms with van der Waals surface area (Å²) >= 11 is 0. The number of nitriles is 1. The highest BCUT2D eigenvalue weighted by molar-refractivity contribution is 6.04. The molecule has 0 aliphatic heterocycles. The largest absolute Gasteiger partial charge is 0.348 e. The van der Waals surface area contributed by atoms with Crippen molar-refractivity contribution in [3.63, 3.8) is 0 Å². The van der Waals surface area contributed by atoms with Crippen LogP contribution in [-0.2, 0) is 6.54 Å². The number of benzene rings is 2. The van der Waals surface area contributed by atoms with Crippen LogP contribution < -0.4 is 10.6 Å². The van der Waals surface area contributed by atoms with Gasteiger partial charge < -0.3 is 10.6 Å². The van der Waals surface area contributed by atoms with Gasteiger partial charge in [0.25, 0.3) is 11.8 Å². The van der Waals surface area contributed by atoms with Crippen LogP contribution in [0, 0.1) is 11.3 Å². The van der Waals surface area contributed by atoms with Gasteiger partial charge in [0.15, 0.2) is 0 Å². The van der Waals surface area contributed by atoms with Crippen LogP contribution in [0.4, 0.5) is 5.82 Å². The maximum absolute atomic E-state index is 12.3. The van der Waals surface area contributed by atoms with Gasteiger partial charge >= 0.3 is 0 Å². The number of amides is 2. The summed E-state index contributed by atoms with van der Waals surface area (Å²) in [4.78, 5) is 28.7. The van der Waals surface area contributed by atoms with Crippen molar-refractivity contribution < 1.29 is 9.59 Å². The van der Waals surface area contributed by atoms with E-state index in [1.807, 2.05) is 36.4 Å². The van der Waals surface area contributed by atoms with Crippen molar-refractivity contribution in [1.29, 1.82) is 5.26 Å². The second-order valence-corrected chi connectivity index (χ2v) is 5.74. The van der Waals surface area contributed by atoms with Gasteiger partial charge in [0.2, 0.25) is 0 Å². The highest BCUT2D eigenvalue weighted by Crippen LogP contribution is 2.10. The van der Waals surface area contributed by atoms with Crippen LogP contribution in [0.2, 0.25) is 0 Å². The highest BCUT2D eigenvalue weighted by atomic mass is 16.2. The van der Waals surface area contributed by atoms with Crippen molar-refractivity contribution in [3.8, 4) is 6.07 Å². The molecule has 27 heavy (non-hydrogen) atoms. The summed E-state index contributed by atoms with van der Waals surface area (Å²) in [6, 6.07) is 20.9. The predicted molar refractivity (Wildman–Crippen MR) is 101 cm³/mol. The first-order valence-corrected chi connectivity index (χ1v) is 8.25. The first-order chi connectivity index (χ1) is 13.2. The van der Waals surface area contributed by atoms with Gasteiger partial charge in [-0.25, -0.2) is 4.98 Å². The third-order valence-electron chi connectivity index (χ3n) is 3.84. The lowest BCUT2D eigenvalue weighted by molar-refractivity contribution is 0.0949. The van der Waals surface area contributed by atoms with Gasteiger partial charge in [0.05, 0.1) is 11.6 Å². The number of hydrogen-bond acceptors (Lipinski definition) is 4. The summed E-state index contributed by atoms with van der Waals surface area (Å²) in [6.45, 7) is 0.412. The van der Waals surface area contributed by atoms with Crippen molar-refractivity contribution in [2.24, 2.45) is 0 Å². The van der Waals surface area contributed by atoms with Gasteiger partial charge in [0, 0.05) is 23.9 Å². The van der Waals surface area contributed by atoms with Gasteiger partial charge in [0.1, 0.15) is 5.82 Å². The highest BCUT2D eigenvalue weighted by Gasteiger charge is 2.10. The van der Waals surface area contributed by atoms with E-state index < -0.39 is 0 Å². The molecule has 0 spiro atoms. The molecule has 0 bridgehead atoms. The number of anilines is 1. The van der Waals surface area contributed by atoms with Gasteiger partial charge in [-0.15, -0.1) is 0 Å². The molecule has 0 atom stereocenters. The Kier molecular flexibility index (Phi) is 5.55. The van der Waals surface area contributed by atoms with E-state index in [1.165, 1.54) is 12.3 Å². The average Bonchev–Trinajstić information content (AvgIpc) is 2.73. The standard InChI is InChI=1S/C21H16N4O2/c22-13-15-6-8-17(9-7-15)21(27)25-19-12-18(10-11-23-19)20(26)24-14-16-4-2-1-3-5-16/h1-12H,14H2,(H,24,26)(H,23,25,27). The number of hydrogen-bond donors (Lipinski definition) is 2. The monoisotopic (exact) mass is 356 g/mol. The number of carbonyl (C=O) groups excluding carboxylic acids is 2. The lowest BCUT2D eigenvalue weighted by Gasteiger charge is -2.08. The van der Waals surface area contributed by atoms with E-state index in [0.29, 0.717) is 23.2 Å². The van der Waals surface area contributed by atoms with Gasteiger partial charge in [-0.2, -0.15) is 5.26 Å². The van der Waals surface area contributed by atoms with E-state index in [9.17, 15) is 9.59 Å². The molecular weight excluding hydrogens is 340 g/mol. The van der Waals surface area contributed by atoms with Gasteiger partial charge in [-0.1, -0.05) is 30.3 Å². The minimum Gasteiger partial charge on any atom is -0.348 e. The summed E-state index contributed by atoms with van der Waals surface area (Å²) in [5, 5.41) is 14.3. The zero-order chi connectivity index (χ0) is 19.1. The Morgan fingerprint density at radius 1 is 0.926 bits per heavy atom. The summed E-state index contributed by atoms with van der Waals surface area (Å²) < 4.78 is 0. The van der Waals surface area contributed by atoms with Crippen molar-refractivity contribution in [3.05, 3.63) is 95.2 Å². The number of pyridine rings is 1. The van der Waals surface area contributed by atoms with E-state index in [4.69, 9.17) is 5.26 Å². The fourth-order valence-electron chi connectivity index (χ4n) is 2.41. The molecule has 0 unspecified atom stereocenters. The molecule has 6 nitrogen and oxygen atoms in total. The quantitative estimate of drug-likeness (QED) is 0.734. The minimum atomic E-state index is -0.367. The van der Waals surface area contributed by atoms with Crippen LogP contribution in [0.15, 0.2) is 72.9 Å². The van der Waals surface area contributed by atoms with Crippen LogP contribution in [0.5, 0.6) is 0 Å². The Bertz CT molecular complexity index is 993. The molecule has 1 aromatic heterocycles. The topological polar surface area (TPSA) is 94.9 Å². The molecule has 0 saturated carbocycles. The van der Waals surface area contributed by atoms with E-state index in [1.54, 1.807) is 30.3 Å². The second kappa shape index (κ2) is 8.41. The van der Waals surface area contributed by atoms with Crippen LogP contribution >= 0.6 is 0 Å². The van der Waals surface area contributed by atoms with E-state index in [2.05, 4.69) is 15.6 Å². The Balaban J connectivity index is 1.64. The molecular formula is C21H16N4O2. The number of rotatable bonds is 5. The van der Waals surface area contributed by atoms with Gasteiger partial charge in [-0.3, -0.25) is 9.59 Å². The molecule has 3 aromatic rings. The average molecular weight is 356 g/mol. The number of nitrogens with zero attached hydrogens (tertiary/aromatic N) is 2. The molecule has 132 valence electrons. The minimum absolute atomic E-state index is 0.255. The van der Waals surface area contributed by atoms with Crippen LogP contribution in [-0.4, -0.2) is 16.8 Å². The molecule has 0 radical (unpaired) electrons. The van der Waals surface area contributed by atoms with Crippen molar-refractivity contribution in [1.82, 2.24) is 10.3 Å². The molecule has 0 aliphatic rings. The van der Waals surface area contributed by atoms with Crippen molar-refractivity contribution in [2.45, 2.75) is 6.54 Å². The summed E-state index contributed by atoms with van der Waals surface area (Å²) in [6.07, 6.45) is 1.46. The van der Waals surface area contributed by atoms with E-state index in [-0.39, 0.29) is 17.6 Å². The molecule has 2 N–H and O–H groups in total. The molecule has 2 amide bonds. The zero-order valence-electron chi connectivity index (χ0n) is 14.3. The molecule has 2 aromatic carbocycles. The number of carbonyl (C=O) groups is 2. The van der Waals surface area contributed by atoms with Crippen molar-refractivity contribution in [2.75, 3.05) is 5.32 Å². The lowest BCUT2D eigenvalue weighted by atomic mass is 10.1. The molecule has 0 saturated heterocycles. The molecule has 0 fully saturated rings. The summed E-state index contributed by atoms with van der Waals surface area (Å²) in [5.74, 6) is -0.347. The lowest BCUT2D eigenvalue weighted by Crippen LogP contribution is -2.23. The van der Waals surface area contributed by atoms with E-state index >= 15 is 0 Å². The van der Waals surface area contributed by atoms with Crippen molar-refractivity contribution >= 4 is 17.6 Å². The third-order valence-corrected chi connectivity index (χ3v) is 3.84. The number of aromatic nitrogens is 1. The first-order valence-electron chi connectivity index (χ1n) is 8.25. The Hall–Kier alpha value is -3.98. The molecule has 3 rings (SSSR count). The Labute approximate surface area is 156 Å². The Morgan fingerprint density at radius 2 is 1.67 bits per heavy atom. The van der Waals surface area contributed by atoms with Crippen LogP contribution in [0.3, 0.4) is 0 Å². The number of nitrogens with one attached hydrogen (secondary N) is 2. The third kappa shape index (κ3) is 4.77. The maximum atomic E-state index is 12.3. The Morgan fingerprint density at radius 3 is 2.37 bits per heavy atom. The molecule has 0 aliphatic carbocycles. The van der Waals surface area contributed by atoms with E-state index in [0.717, 1.165) is 5.56 Å². The fraction of sp³-hybridized carbons (Fsp3) is 0.0476. The van der Waals surface area contributed by atoms with Gasteiger partial charge in [-0.05, 0) is 42.0 Å². The first kappa shape index (κ1) is 17.8. The molecule has 6 heteroatoms. The smallest absolute Gasteiger partial charge is 0.256 e. The SMILES string of the molecule is N#Cc1ccc(C(=O)Nc2cc(C(=O)NCc3ccccc3)ccn2)cc1. The predicted octanol–water partition coefficient (Wildman–Crippen LogP) is 3.14. The van der Waals surface area contributed by atoms with Crippen LogP contribution in [0.1, 0.15) is 31.8 Å². The second-order valence-electron chi connectivity index (χ2n) is 5.74. The summed E-state index contributed by atoms with van der Waals surface area (Å²) in [5.41, 5.74) is 2.27. The molecule has 1 heterocycles. The zero-order valence-corrected chi connectivity index (χ0v) is 14.3. The maximum Gasteiger partial charge on any atom is 0.256 e. The fourth-order valence-corrected chi connectivity index (χ4v) is 2.41. The summed E-state index contributed by atoms with van der Waals surface area (Å²) in [7, 11) is 0. The van der Waals surface area contributed by atoms with Crippen LogP contribution in [0.25, 0.3) is 0 Å².